The molecule has 1 aromatic heterocycles. The SMILES string of the molecule is Cc1c(C(=O)Oc2ccc(C(C)C)cc2)oc2c1C(=O)CC(C)(C)C2. The van der Waals surface area contributed by atoms with Crippen molar-refractivity contribution in [1.29, 1.82) is 0 Å². The molecule has 0 aliphatic heterocycles. The third-order valence-corrected chi connectivity index (χ3v) is 4.72. The predicted octanol–water partition coefficient (Wildman–Crippen LogP) is 5.09. The van der Waals surface area contributed by atoms with Gasteiger partial charge in [-0.15, -0.1) is 0 Å². The number of hydrogen-bond donors (Lipinski definition) is 0. The molecule has 1 aliphatic rings. The van der Waals surface area contributed by atoms with E-state index < -0.39 is 5.97 Å². The second-order valence-electron chi connectivity index (χ2n) is 7.91. The van der Waals surface area contributed by atoms with Gasteiger partial charge in [0, 0.05) is 18.4 Å². The van der Waals surface area contributed by atoms with Crippen LogP contribution in [0.3, 0.4) is 0 Å². The maximum atomic E-state index is 12.5. The van der Waals surface area contributed by atoms with Gasteiger partial charge in [0.2, 0.25) is 5.76 Å². The summed E-state index contributed by atoms with van der Waals surface area (Å²) in [6.45, 7) is 10.0. The maximum absolute atomic E-state index is 12.5. The van der Waals surface area contributed by atoms with E-state index in [2.05, 4.69) is 13.8 Å². The zero-order valence-corrected chi connectivity index (χ0v) is 15.4. The lowest BCUT2D eigenvalue weighted by Gasteiger charge is -2.27. The fraction of sp³-hybridized carbons (Fsp3) is 0.429. The number of ketones is 1. The van der Waals surface area contributed by atoms with Gasteiger partial charge in [0.1, 0.15) is 11.5 Å². The predicted molar refractivity (Wildman–Crippen MR) is 95.4 cm³/mol. The molecular formula is C21H24O4. The topological polar surface area (TPSA) is 56.5 Å². The van der Waals surface area contributed by atoms with Crippen LogP contribution in [0.15, 0.2) is 28.7 Å². The van der Waals surface area contributed by atoms with Crippen molar-refractivity contribution in [1.82, 2.24) is 0 Å². The van der Waals surface area contributed by atoms with Gasteiger partial charge in [-0.3, -0.25) is 4.79 Å². The van der Waals surface area contributed by atoms with E-state index in [4.69, 9.17) is 9.15 Å². The molecule has 1 aromatic carbocycles. The minimum absolute atomic E-state index is 0.0350. The monoisotopic (exact) mass is 340 g/mol. The summed E-state index contributed by atoms with van der Waals surface area (Å²) in [5.41, 5.74) is 2.17. The Morgan fingerprint density at radius 2 is 1.80 bits per heavy atom. The van der Waals surface area contributed by atoms with Crippen LogP contribution in [0.25, 0.3) is 0 Å². The number of rotatable bonds is 3. The molecule has 2 aromatic rings. The lowest BCUT2D eigenvalue weighted by molar-refractivity contribution is 0.0694. The molecule has 132 valence electrons. The third kappa shape index (κ3) is 3.39. The average Bonchev–Trinajstić information content (AvgIpc) is 2.83. The Balaban J connectivity index is 1.85. The summed E-state index contributed by atoms with van der Waals surface area (Å²) in [6, 6.07) is 7.44. The van der Waals surface area contributed by atoms with Crippen LogP contribution in [-0.2, 0) is 6.42 Å². The first-order valence-electron chi connectivity index (χ1n) is 8.65. The molecule has 0 amide bonds. The summed E-state index contributed by atoms with van der Waals surface area (Å²) >= 11 is 0. The highest BCUT2D eigenvalue weighted by atomic mass is 16.5. The van der Waals surface area contributed by atoms with Crippen LogP contribution in [0.1, 0.15) is 77.8 Å². The van der Waals surface area contributed by atoms with Crippen molar-refractivity contribution in [3.8, 4) is 5.75 Å². The molecule has 0 saturated carbocycles. The van der Waals surface area contributed by atoms with Gasteiger partial charge in [-0.1, -0.05) is 39.8 Å². The standard InChI is InChI=1S/C21H24O4/c1-12(2)14-6-8-15(9-7-14)24-20(23)19-13(3)18-16(22)10-21(4,5)11-17(18)25-19/h6-9,12H,10-11H2,1-5H3. The highest BCUT2D eigenvalue weighted by Gasteiger charge is 2.37. The minimum Gasteiger partial charge on any atom is -0.453 e. The Kier molecular flexibility index (Phi) is 4.31. The molecule has 25 heavy (non-hydrogen) atoms. The quantitative estimate of drug-likeness (QED) is 0.577. The lowest BCUT2D eigenvalue weighted by atomic mass is 9.76. The Morgan fingerprint density at radius 1 is 1.16 bits per heavy atom. The molecule has 0 spiro atoms. The summed E-state index contributed by atoms with van der Waals surface area (Å²) in [5, 5.41) is 0. The number of hydrogen-bond acceptors (Lipinski definition) is 4. The fourth-order valence-electron chi connectivity index (χ4n) is 3.35. The molecule has 0 saturated heterocycles. The van der Waals surface area contributed by atoms with Crippen molar-refractivity contribution in [2.75, 3.05) is 0 Å². The zero-order valence-electron chi connectivity index (χ0n) is 15.4. The molecule has 0 atom stereocenters. The number of esters is 1. The zero-order chi connectivity index (χ0) is 18.4. The fourth-order valence-corrected chi connectivity index (χ4v) is 3.35. The maximum Gasteiger partial charge on any atom is 0.379 e. The third-order valence-electron chi connectivity index (χ3n) is 4.72. The first-order chi connectivity index (χ1) is 11.7. The van der Waals surface area contributed by atoms with Crippen molar-refractivity contribution in [3.05, 3.63) is 52.5 Å². The summed E-state index contributed by atoms with van der Waals surface area (Å²) in [5.74, 6) is 1.08. The van der Waals surface area contributed by atoms with Crippen LogP contribution in [0.5, 0.6) is 5.75 Å². The number of furan rings is 1. The summed E-state index contributed by atoms with van der Waals surface area (Å²) in [6.07, 6.45) is 1.11. The van der Waals surface area contributed by atoms with Crippen LogP contribution in [-0.4, -0.2) is 11.8 Å². The number of Topliss-reactive ketones (excluding diaryl/α,β-unsaturated/α-hetero) is 1. The van der Waals surface area contributed by atoms with Gasteiger partial charge in [0.15, 0.2) is 5.78 Å². The van der Waals surface area contributed by atoms with Crippen molar-refractivity contribution >= 4 is 11.8 Å². The first-order valence-corrected chi connectivity index (χ1v) is 8.65. The summed E-state index contributed by atoms with van der Waals surface area (Å²) in [7, 11) is 0. The molecule has 4 nitrogen and oxygen atoms in total. The minimum atomic E-state index is -0.560. The van der Waals surface area contributed by atoms with E-state index >= 15 is 0 Å². The number of ether oxygens (including phenoxy) is 1. The van der Waals surface area contributed by atoms with E-state index in [0.717, 1.165) is 0 Å². The second kappa shape index (κ2) is 6.17. The average molecular weight is 340 g/mol. The number of carbonyl (C=O) groups is 2. The van der Waals surface area contributed by atoms with Crippen molar-refractivity contribution in [2.45, 2.75) is 53.4 Å². The largest absolute Gasteiger partial charge is 0.453 e. The number of fused-ring (bicyclic) bond motifs is 1. The van der Waals surface area contributed by atoms with E-state index in [1.165, 1.54) is 5.56 Å². The van der Waals surface area contributed by atoms with E-state index in [9.17, 15) is 9.59 Å². The first kappa shape index (κ1) is 17.5. The van der Waals surface area contributed by atoms with Gasteiger partial charge in [-0.05, 0) is 36.0 Å². The van der Waals surface area contributed by atoms with Gasteiger partial charge >= 0.3 is 5.97 Å². The van der Waals surface area contributed by atoms with Crippen LogP contribution in [0.2, 0.25) is 0 Å². The molecule has 1 heterocycles. The van der Waals surface area contributed by atoms with E-state index in [1.54, 1.807) is 19.1 Å². The van der Waals surface area contributed by atoms with Crippen molar-refractivity contribution in [2.24, 2.45) is 5.41 Å². The number of benzene rings is 1. The van der Waals surface area contributed by atoms with Crippen molar-refractivity contribution in [3.63, 3.8) is 0 Å². The molecule has 0 unspecified atom stereocenters. The van der Waals surface area contributed by atoms with Gasteiger partial charge in [-0.2, -0.15) is 0 Å². The Morgan fingerprint density at radius 3 is 2.40 bits per heavy atom. The lowest BCUT2D eigenvalue weighted by Crippen LogP contribution is -2.26. The summed E-state index contributed by atoms with van der Waals surface area (Å²) < 4.78 is 11.2. The van der Waals surface area contributed by atoms with Gasteiger partial charge in [0.25, 0.3) is 0 Å². The highest BCUT2D eigenvalue weighted by Crippen LogP contribution is 2.38. The van der Waals surface area contributed by atoms with Crippen LogP contribution in [0, 0.1) is 12.3 Å². The molecular weight excluding hydrogens is 316 g/mol. The highest BCUT2D eigenvalue weighted by molar-refractivity contribution is 6.03. The van der Waals surface area contributed by atoms with Gasteiger partial charge in [-0.25, -0.2) is 4.79 Å². The molecule has 4 heteroatoms. The van der Waals surface area contributed by atoms with Crippen LogP contribution in [0.4, 0.5) is 0 Å². The molecule has 3 rings (SSSR count). The molecule has 0 bridgehead atoms. The van der Waals surface area contributed by atoms with E-state index in [-0.39, 0.29) is 17.0 Å². The van der Waals surface area contributed by atoms with Crippen molar-refractivity contribution < 1.29 is 18.7 Å². The molecule has 1 aliphatic carbocycles. The van der Waals surface area contributed by atoms with Crippen LogP contribution >= 0.6 is 0 Å². The molecule has 0 fully saturated rings. The molecule has 0 N–H and O–H groups in total. The second-order valence-corrected chi connectivity index (χ2v) is 7.91. The molecule has 0 radical (unpaired) electrons. The van der Waals surface area contributed by atoms with E-state index in [0.29, 0.717) is 41.4 Å². The Hall–Kier alpha value is -2.36. The smallest absolute Gasteiger partial charge is 0.379 e. The van der Waals surface area contributed by atoms with Crippen LogP contribution < -0.4 is 4.74 Å². The normalized spacial score (nSPS) is 16.0. The van der Waals surface area contributed by atoms with Gasteiger partial charge in [0.05, 0.1) is 5.56 Å². The Bertz CT molecular complexity index is 822. The van der Waals surface area contributed by atoms with E-state index in [1.807, 2.05) is 26.0 Å². The van der Waals surface area contributed by atoms with Gasteiger partial charge < -0.3 is 9.15 Å². The summed E-state index contributed by atoms with van der Waals surface area (Å²) in [4.78, 5) is 24.9. The Labute approximate surface area is 148 Å². The number of carbonyl (C=O) groups excluding carboxylic acids is 2.